The van der Waals surface area contributed by atoms with Gasteiger partial charge in [-0.2, -0.15) is 0 Å². The van der Waals surface area contributed by atoms with Crippen LogP contribution in [0.15, 0.2) is 65.0 Å². The van der Waals surface area contributed by atoms with Crippen molar-refractivity contribution >= 4 is 16.8 Å². The van der Waals surface area contributed by atoms with Gasteiger partial charge in [0.2, 0.25) is 0 Å². The number of nitrogens with zero attached hydrogens (tertiary/aromatic N) is 2. The molecule has 2 aromatic carbocycles. The molecular weight excluding hydrogens is 340 g/mol. The number of carbonyl (C=O) groups is 1. The molecule has 1 fully saturated rings. The number of amides is 1. The number of benzene rings is 2. The second kappa shape index (κ2) is 6.34. The molecule has 1 unspecified atom stereocenters. The summed E-state index contributed by atoms with van der Waals surface area (Å²) in [6.45, 7) is 12.6. The highest BCUT2D eigenvalue weighted by Gasteiger charge is 2.63. The predicted molar refractivity (Wildman–Crippen MR) is 110 cm³/mol. The fraction of sp³-hybridized carbons (Fsp3) is 0.409. The van der Waals surface area contributed by atoms with Gasteiger partial charge in [0, 0.05) is 16.4 Å². The van der Waals surface area contributed by atoms with E-state index < -0.39 is 15.6 Å². The second-order valence-electron chi connectivity index (χ2n) is 8.71. The number of hydrogen-bond acceptors (Lipinski definition) is 2. The molecule has 1 aliphatic heterocycles. The van der Waals surface area contributed by atoms with Crippen molar-refractivity contribution in [3.63, 3.8) is 0 Å². The zero-order chi connectivity index (χ0) is 19.2. The summed E-state index contributed by atoms with van der Waals surface area (Å²) in [4.78, 5) is 13.7. The lowest BCUT2D eigenvalue weighted by molar-refractivity contribution is -0.134. The molecular formula is C22H28N2OS. The van der Waals surface area contributed by atoms with E-state index in [9.17, 15) is 4.79 Å². The van der Waals surface area contributed by atoms with E-state index in [0.29, 0.717) is 0 Å². The average molecular weight is 369 g/mol. The largest absolute Gasteiger partial charge is 0.271 e. The SMILES string of the molecule is CC(C)(C)N=S1N(C(C)(C)C)C(=O)C1(c1ccccc1)c1ccccc1. The van der Waals surface area contributed by atoms with Crippen LogP contribution in [-0.4, -0.2) is 21.3 Å². The van der Waals surface area contributed by atoms with E-state index in [1.165, 1.54) is 0 Å². The van der Waals surface area contributed by atoms with Crippen LogP contribution in [0.4, 0.5) is 0 Å². The van der Waals surface area contributed by atoms with Gasteiger partial charge in [-0.15, -0.1) is 0 Å². The van der Waals surface area contributed by atoms with Crippen molar-refractivity contribution in [2.24, 2.45) is 4.36 Å². The molecule has 0 bridgehead atoms. The van der Waals surface area contributed by atoms with E-state index in [4.69, 9.17) is 4.36 Å². The van der Waals surface area contributed by atoms with Crippen molar-refractivity contribution in [2.45, 2.75) is 57.4 Å². The Morgan fingerprint density at radius 1 is 0.808 bits per heavy atom. The first-order chi connectivity index (χ1) is 12.1. The minimum absolute atomic E-state index is 0.138. The molecule has 4 heteroatoms. The summed E-state index contributed by atoms with van der Waals surface area (Å²) in [7, 11) is -0.593. The van der Waals surface area contributed by atoms with Gasteiger partial charge in [-0.1, -0.05) is 60.7 Å². The van der Waals surface area contributed by atoms with E-state index in [-0.39, 0.29) is 17.0 Å². The molecule has 0 aromatic heterocycles. The molecule has 3 rings (SSSR count). The normalized spacial score (nSPS) is 20.2. The standard InChI is InChI=1S/C22H28N2OS/c1-20(2,3)23-26-22(17-13-9-7-10-14-17,18-15-11-8-12-16-18)19(25)24(26)21(4,5)6/h7-16H,1-6H3. The fourth-order valence-corrected chi connectivity index (χ4v) is 5.93. The molecule has 1 atom stereocenters. The predicted octanol–water partition coefficient (Wildman–Crippen LogP) is 5.09. The van der Waals surface area contributed by atoms with Crippen molar-refractivity contribution in [2.75, 3.05) is 0 Å². The number of carbonyl (C=O) groups excluding carboxylic acids is 1. The van der Waals surface area contributed by atoms with Crippen LogP contribution in [0.25, 0.3) is 0 Å². The van der Waals surface area contributed by atoms with Crippen molar-refractivity contribution in [1.82, 2.24) is 4.31 Å². The molecule has 0 radical (unpaired) electrons. The first-order valence-electron chi connectivity index (χ1n) is 9.02. The van der Waals surface area contributed by atoms with Gasteiger partial charge in [-0.05, 0) is 52.7 Å². The summed E-state index contributed by atoms with van der Waals surface area (Å²) >= 11 is 0. The smallest absolute Gasteiger partial charge is 0.261 e. The zero-order valence-electron chi connectivity index (χ0n) is 16.5. The third-order valence-electron chi connectivity index (χ3n) is 4.26. The van der Waals surface area contributed by atoms with Crippen LogP contribution in [0.5, 0.6) is 0 Å². The van der Waals surface area contributed by atoms with Crippen LogP contribution < -0.4 is 0 Å². The Bertz CT molecular complexity index is 790. The molecule has 0 saturated carbocycles. The average Bonchev–Trinajstić information content (AvgIpc) is 2.54. The molecule has 26 heavy (non-hydrogen) atoms. The molecule has 1 saturated heterocycles. The van der Waals surface area contributed by atoms with Gasteiger partial charge < -0.3 is 0 Å². The van der Waals surface area contributed by atoms with Crippen LogP contribution >= 0.6 is 0 Å². The molecule has 1 aliphatic rings. The Labute approximate surface area is 159 Å². The lowest BCUT2D eigenvalue weighted by atomic mass is 9.87. The molecule has 1 heterocycles. The van der Waals surface area contributed by atoms with E-state index >= 15 is 0 Å². The molecule has 0 N–H and O–H groups in total. The quantitative estimate of drug-likeness (QED) is 0.727. The highest BCUT2D eigenvalue weighted by atomic mass is 32.2. The Balaban J connectivity index is 2.33. The van der Waals surface area contributed by atoms with Crippen molar-refractivity contribution in [3.05, 3.63) is 71.8 Å². The maximum absolute atomic E-state index is 13.7. The Hall–Kier alpha value is -1.94. The fourth-order valence-electron chi connectivity index (χ4n) is 3.30. The van der Waals surface area contributed by atoms with E-state index in [0.717, 1.165) is 11.1 Å². The summed E-state index contributed by atoms with van der Waals surface area (Å²) in [6.07, 6.45) is 0. The molecule has 1 amide bonds. The highest BCUT2D eigenvalue weighted by molar-refractivity contribution is 7.90. The van der Waals surface area contributed by atoms with Gasteiger partial charge in [-0.3, -0.25) is 9.10 Å². The third kappa shape index (κ3) is 3.01. The van der Waals surface area contributed by atoms with Crippen LogP contribution in [0.3, 0.4) is 0 Å². The van der Waals surface area contributed by atoms with Crippen molar-refractivity contribution < 1.29 is 4.79 Å². The number of hydrogen-bond donors (Lipinski definition) is 0. The van der Waals surface area contributed by atoms with Gasteiger partial charge in [0.25, 0.3) is 5.91 Å². The topological polar surface area (TPSA) is 32.7 Å². The molecule has 138 valence electrons. The van der Waals surface area contributed by atoms with Gasteiger partial charge in [0.05, 0.1) is 5.54 Å². The molecule has 0 aliphatic carbocycles. The molecule has 3 nitrogen and oxygen atoms in total. The van der Waals surface area contributed by atoms with Crippen LogP contribution in [0.2, 0.25) is 0 Å². The Morgan fingerprint density at radius 2 is 1.23 bits per heavy atom. The van der Waals surface area contributed by atoms with Crippen molar-refractivity contribution in [1.29, 1.82) is 0 Å². The summed E-state index contributed by atoms with van der Waals surface area (Å²) in [5.41, 5.74) is 1.53. The Morgan fingerprint density at radius 3 is 1.58 bits per heavy atom. The molecule has 0 spiro atoms. The van der Waals surface area contributed by atoms with Gasteiger partial charge in [0.15, 0.2) is 4.75 Å². The third-order valence-corrected chi connectivity index (χ3v) is 7.24. The summed E-state index contributed by atoms with van der Waals surface area (Å²) < 4.78 is 6.39. The first kappa shape index (κ1) is 18.8. The van der Waals surface area contributed by atoms with Crippen molar-refractivity contribution in [3.8, 4) is 0 Å². The second-order valence-corrected chi connectivity index (χ2v) is 10.4. The van der Waals surface area contributed by atoms with Gasteiger partial charge in [-0.25, -0.2) is 4.36 Å². The van der Waals surface area contributed by atoms with Gasteiger partial charge >= 0.3 is 0 Å². The lowest BCUT2D eigenvalue weighted by Gasteiger charge is -2.56. The number of rotatable bonds is 2. The summed E-state index contributed by atoms with van der Waals surface area (Å²) in [6, 6.07) is 20.2. The first-order valence-corrected chi connectivity index (χ1v) is 10.2. The lowest BCUT2D eigenvalue weighted by Crippen LogP contribution is -2.70. The highest BCUT2D eigenvalue weighted by Crippen LogP contribution is 2.51. The minimum Gasteiger partial charge on any atom is -0.271 e. The monoisotopic (exact) mass is 368 g/mol. The van der Waals surface area contributed by atoms with E-state index in [1.807, 2.05) is 40.7 Å². The summed E-state index contributed by atoms with van der Waals surface area (Å²) in [5.74, 6) is 0.138. The van der Waals surface area contributed by atoms with E-state index in [2.05, 4.69) is 65.8 Å². The maximum atomic E-state index is 13.7. The van der Waals surface area contributed by atoms with Gasteiger partial charge in [0.1, 0.15) is 0 Å². The van der Waals surface area contributed by atoms with Crippen LogP contribution in [0.1, 0.15) is 52.7 Å². The molecule has 2 aromatic rings. The van der Waals surface area contributed by atoms with Crippen LogP contribution in [-0.2, 0) is 20.4 Å². The van der Waals surface area contributed by atoms with E-state index in [1.54, 1.807) is 0 Å². The summed E-state index contributed by atoms with van der Waals surface area (Å²) in [5, 5.41) is 0. The Kier molecular flexibility index (Phi) is 4.60. The zero-order valence-corrected chi connectivity index (χ0v) is 17.3. The van der Waals surface area contributed by atoms with Crippen LogP contribution in [0, 0.1) is 0 Å². The minimum atomic E-state index is -0.733. The maximum Gasteiger partial charge on any atom is 0.261 e.